The third kappa shape index (κ3) is 4.72. The number of carbonyl (C=O) groups is 1. The van der Waals surface area contributed by atoms with Crippen LogP contribution in [0.25, 0.3) is 10.8 Å². The number of ether oxygens (including phenoxy) is 1. The van der Waals surface area contributed by atoms with Gasteiger partial charge >= 0.3 is 5.97 Å². The van der Waals surface area contributed by atoms with Crippen LogP contribution in [0.1, 0.15) is 21.5 Å². The number of benzene rings is 4. The Kier molecular flexibility index (Phi) is 6.35. The first kappa shape index (κ1) is 21.7. The highest BCUT2D eigenvalue weighted by molar-refractivity contribution is 7.89. The van der Waals surface area contributed by atoms with Crippen molar-refractivity contribution >= 4 is 26.8 Å². The molecule has 0 aliphatic rings. The molecule has 0 bridgehead atoms. The number of nitrogens with zero attached hydrogens (tertiary/aromatic N) is 1. The van der Waals surface area contributed by atoms with Gasteiger partial charge in [0, 0.05) is 13.1 Å². The Morgan fingerprint density at radius 3 is 1.84 bits per heavy atom. The number of methoxy groups -OCH3 is 1. The van der Waals surface area contributed by atoms with Gasteiger partial charge in [0.2, 0.25) is 10.0 Å². The summed E-state index contributed by atoms with van der Waals surface area (Å²) in [5.41, 5.74) is 2.25. The SMILES string of the molecule is COC(=O)c1ccc2cc(S(=O)(=O)N(Cc3ccccc3)Cc3ccccc3)ccc2c1. The van der Waals surface area contributed by atoms with Gasteiger partial charge in [0.25, 0.3) is 0 Å². The van der Waals surface area contributed by atoms with Gasteiger partial charge in [-0.25, -0.2) is 13.2 Å². The second kappa shape index (κ2) is 9.34. The molecule has 0 saturated carbocycles. The van der Waals surface area contributed by atoms with E-state index >= 15 is 0 Å². The molecule has 0 fully saturated rings. The average molecular weight is 446 g/mol. The Morgan fingerprint density at radius 2 is 1.28 bits per heavy atom. The van der Waals surface area contributed by atoms with Crippen LogP contribution in [0, 0.1) is 0 Å². The molecule has 6 heteroatoms. The van der Waals surface area contributed by atoms with Crippen molar-refractivity contribution in [2.75, 3.05) is 7.11 Å². The van der Waals surface area contributed by atoms with Gasteiger partial charge in [-0.1, -0.05) is 72.8 Å². The lowest BCUT2D eigenvalue weighted by atomic mass is 10.1. The number of carbonyl (C=O) groups excluding carboxylic acids is 1. The Hall–Kier alpha value is -3.48. The number of fused-ring (bicyclic) bond motifs is 1. The maximum Gasteiger partial charge on any atom is 0.337 e. The van der Waals surface area contributed by atoms with E-state index in [9.17, 15) is 13.2 Å². The van der Waals surface area contributed by atoms with Gasteiger partial charge in [0.05, 0.1) is 17.6 Å². The predicted molar refractivity (Wildman–Crippen MR) is 125 cm³/mol. The van der Waals surface area contributed by atoms with Crippen molar-refractivity contribution in [1.29, 1.82) is 0 Å². The van der Waals surface area contributed by atoms with E-state index in [2.05, 4.69) is 0 Å². The zero-order chi connectivity index (χ0) is 22.6. The zero-order valence-corrected chi connectivity index (χ0v) is 18.5. The fourth-order valence-corrected chi connectivity index (χ4v) is 5.03. The topological polar surface area (TPSA) is 63.7 Å². The molecule has 0 radical (unpaired) electrons. The molecule has 162 valence electrons. The molecule has 4 aromatic carbocycles. The normalized spacial score (nSPS) is 11.6. The third-order valence-electron chi connectivity index (χ3n) is 5.27. The summed E-state index contributed by atoms with van der Waals surface area (Å²) in [6.07, 6.45) is 0. The molecule has 0 saturated heterocycles. The minimum absolute atomic E-state index is 0.211. The molecule has 5 nitrogen and oxygen atoms in total. The second-order valence-corrected chi connectivity index (χ2v) is 9.40. The van der Waals surface area contributed by atoms with Crippen molar-refractivity contribution in [1.82, 2.24) is 4.31 Å². The van der Waals surface area contributed by atoms with E-state index in [0.717, 1.165) is 21.9 Å². The summed E-state index contributed by atoms with van der Waals surface area (Å²) in [6, 6.07) is 29.1. The van der Waals surface area contributed by atoms with E-state index in [1.165, 1.54) is 11.4 Å². The van der Waals surface area contributed by atoms with Gasteiger partial charge in [0.1, 0.15) is 0 Å². The van der Waals surface area contributed by atoms with Gasteiger partial charge in [-0.2, -0.15) is 4.31 Å². The Morgan fingerprint density at radius 1 is 0.750 bits per heavy atom. The minimum Gasteiger partial charge on any atom is -0.465 e. The molecular weight excluding hydrogens is 422 g/mol. The van der Waals surface area contributed by atoms with E-state index in [4.69, 9.17) is 4.74 Å². The van der Waals surface area contributed by atoms with Crippen LogP contribution in [-0.4, -0.2) is 25.8 Å². The summed E-state index contributed by atoms with van der Waals surface area (Å²) in [5.74, 6) is -0.430. The molecule has 0 atom stereocenters. The van der Waals surface area contributed by atoms with Gasteiger partial charge in [0.15, 0.2) is 0 Å². The smallest absolute Gasteiger partial charge is 0.337 e. The van der Waals surface area contributed by atoms with Gasteiger partial charge in [-0.05, 0) is 46.2 Å². The van der Waals surface area contributed by atoms with E-state index in [1.807, 2.05) is 60.7 Å². The fraction of sp³-hybridized carbons (Fsp3) is 0.115. The molecule has 0 heterocycles. The molecular formula is C26H23NO4S. The van der Waals surface area contributed by atoms with Crippen molar-refractivity contribution in [3.8, 4) is 0 Å². The molecule has 0 N–H and O–H groups in total. The Bertz CT molecular complexity index is 1290. The van der Waals surface area contributed by atoms with Gasteiger partial charge in [-0.15, -0.1) is 0 Å². The van der Waals surface area contributed by atoms with Crippen molar-refractivity contribution in [2.24, 2.45) is 0 Å². The third-order valence-corrected chi connectivity index (χ3v) is 7.06. The van der Waals surface area contributed by atoms with E-state index < -0.39 is 16.0 Å². The minimum atomic E-state index is -3.78. The first-order valence-electron chi connectivity index (χ1n) is 10.2. The van der Waals surface area contributed by atoms with Crippen LogP contribution in [0.5, 0.6) is 0 Å². The Balaban J connectivity index is 1.72. The van der Waals surface area contributed by atoms with Crippen LogP contribution in [0.3, 0.4) is 0 Å². The zero-order valence-electron chi connectivity index (χ0n) is 17.6. The predicted octanol–water partition coefficient (Wildman–Crippen LogP) is 5.02. The first-order valence-corrected chi connectivity index (χ1v) is 11.6. The van der Waals surface area contributed by atoms with Crippen LogP contribution in [0.15, 0.2) is 102 Å². The lowest BCUT2D eigenvalue weighted by Crippen LogP contribution is -2.30. The monoisotopic (exact) mass is 445 g/mol. The molecule has 0 spiro atoms. The Labute approximate surface area is 187 Å². The van der Waals surface area contributed by atoms with E-state index in [1.54, 1.807) is 36.4 Å². The number of hydrogen-bond acceptors (Lipinski definition) is 4. The number of esters is 1. The summed E-state index contributed by atoms with van der Waals surface area (Å²) in [5, 5.41) is 1.50. The average Bonchev–Trinajstić information content (AvgIpc) is 2.83. The van der Waals surface area contributed by atoms with Gasteiger partial charge in [-0.3, -0.25) is 0 Å². The summed E-state index contributed by atoms with van der Waals surface area (Å²) >= 11 is 0. The number of rotatable bonds is 7. The first-order chi connectivity index (χ1) is 15.5. The molecule has 0 aliphatic carbocycles. The van der Waals surface area contributed by atoms with Crippen LogP contribution in [-0.2, 0) is 27.8 Å². The summed E-state index contributed by atoms with van der Waals surface area (Å²) < 4.78 is 33.6. The molecule has 0 aliphatic heterocycles. The van der Waals surface area contributed by atoms with Crippen LogP contribution >= 0.6 is 0 Å². The molecule has 0 aromatic heterocycles. The van der Waals surface area contributed by atoms with E-state index in [0.29, 0.717) is 5.56 Å². The van der Waals surface area contributed by atoms with Crippen LogP contribution in [0.2, 0.25) is 0 Å². The maximum atomic E-state index is 13.7. The standard InChI is InChI=1S/C26H23NO4S/c1-31-26(28)24-13-12-23-17-25(15-14-22(23)16-24)32(29,30)27(18-20-8-4-2-5-9-20)19-21-10-6-3-7-11-21/h2-17H,18-19H2,1H3. The van der Waals surface area contributed by atoms with Crippen molar-refractivity contribution < 1.29 is 17.9 Å². The summed E-state index contributed by atoms with van der Waals surface area (Å²) in [4.78, 5) is 12.0. The largest absolute Gasteiger partial charge is 0.465 e. The molecule has 32 heavy (non-hydrogen) atoms. The fourth-order valence-electron chi connectivity index (χ4n) is 3.58. The lowest BCUT2D eigenvalue weighted by Gasteiger charge is -2.23. The highest BCUT2D eigenvalue weighted by atomic mass is 32.2. The van der Waals surface area contributed by atoms with Crippen molar-refractivity contribution in [2.45, 2.75) is 18.0 Å². The van der Waals surface area contributed by atoms with E-state index in [-0.39, 0.29) is 18.0 Å². The van der Waals surface area contributed by atoms with Crippen molar-refractivity contribution in [3.63, 3.8) is 0 Å². The highest BCUT2D eigenvalue weighted by Gasteiger charge is 2.25. The lowest BCUT2D eigenvalue weighted by molar-refractivity contribution is 0.0601. The number of hydrogen-bond donors (Lipinski definition) is 0. The molecule has 4 rings (SSSR count). The van der Waals surface area contributed by atoms with Gasteiger partial charge < -0.3 is 4.74 Å². The van der Waals surface area contributed by atoms with Crippen LogP contribution < -0.4 is 0 Å². The maximum absolute atomic E-state index is 13.7. The summed E-state index contributed by atoms with van der Waals surface area (Å²) in [7, 11) is -2.45. The number of sulfonamides is 1. The summed E-state index contributed by atoms with van der Waals surface area (Å²) in [6.45, 7) is 0.523. The highest BCUT2D eigenvalue weighted by Crippen LogP contribution is 2.26. The quantitative estimate of drug-likeness (QED) is 0.375. The molecule has 0 amide bonds. The molecule has 4 aromatic rings. The molecule has 0 unspecified atom stereocenters. The second-order valence-electron chi connectivity index (χ2n) is 7.46. The van der Waals surface area contributed by atoms with Crippen molar-refractivity contribution in [3.05, 3.63) is 114 Å². The van der Waals surface area contributed by atoms with Crippen LogP contribution in [0.4, 0.5) is 0 Å².